The molecule has 0 unspecified atom stereocenters. The number of hydrogen-bond donors (Lipinski definition) is 0. The van der Waals surface area contributed by atoms with Crippen LogP contribution in [0.3, 0.4) is 0 Å². The molecule has 0 atom stereocenters. The Kier molecular flexibility index (Phi) is 2.45. The summed E-state index contributed by atoms with van der Waals surface area (Å²) in [7, 11) is 0. The van der Waals surface area contributed by atoms with E-state index in [1.54, 1.807) is 0 Å². The van der Waals surface area contributed by atoms with Crippen molar-refractivity contribution in [2.24, 2.45) is 0 Å². The molecule has 1 aliphatic heterocycles. The van der Waals surface area contributed by atoms with Crippen LogP contribution in [-0.2, 0) is 4.74 Å². The molecular weight excluding hydrogens is 204 g/mol. The van der Waals surface area contributed by atoms with E-state index < -0.39 is 19.6 Å². The standard InChI is InChI=1S/C5H11OTe/c1-7-4-2-6-3-5-7/h2-5H2,1H3/q+1. The number of ether oxygens (including phenoxy) is 1. The van der Waals surface area contributed by atoms with Gasteiger partial charge < -0.3 is 0 Å². The molecule has 0 N–H and O–H groups in total. The van der Waals surface area contributed by atoms with E-state index in [1.807, 2.05) is 0 Å². The summed E-state index contributed by atoms with van der Waals surface area (Å²) in [6.45, 7) is 2.13. The molecule has 2 heteroatoms. The number of rotatable bonds is 0. The molecule has 1 nitrogen and oxygen atoms in total. The van der Waals surface area contributed by atoms with Crippen molar-refractivity contribution in [1.82, 2.24) is 0 Å². The van der Waals surface area contributed by atoms with Crippen LogP contribution in [0.15, 0.2) is 0 Å². The second-order valence-corrected chi connectivity index (χ2v) is 8.59. The molecule has 0 radical (unpaired) electrons. The molecule has 0 aromatic heterocycles. The zero-order valence-corrected chi connectivity index (χ0v) is 6.98. The molecule has 1 aliphatic rings. The van der Waals surface area contributed by atoms with Crippen molar-refractivity contribution in [1.29, 1.82) is 0 Å². The Morgan fingerprint density at radius 1 is 1.29 bits per heavy atom. The Bertz CT molecular complexity index is 50.0. The van der Waals surface area contributed by atoms with Gasteiger partial charge in [-0.2, -0.15) is 0 Å². The van der Waals surface area contributed by atoms with E-state index >= 15 is 0 Å². The predicted octanol–water partition coefficient (Wildman–Crippen LogP) is 1.14. The molecule has 0 aromatic rings. The third kappa shape index (κ3) is 1.99. The molecule has 0 aromatic carbocycles. The third-order valence-electron chi connectivity index (χ3n) is 1.15. The first-order valence-electron chi connectivity index (χ1n) is 2.56. The van der Waals surface area contributed by atoms with E-state index in [4.69, 9.17) is 4.74 Å². The first kappa shape index (κ1) is 5.88. The van der Waals surface area contributed by atoms with Gasteiger partial charge in [0.25, 0.3) is 0 Å². The van der Waals surface area contributed by atoms with Gasteiger partial charge in [-0.25, -0.2) is 0 Å². The Balaban J connectivity index is 2.12. The van der Waals surface area contributed by atoms with Gasteiger partial charge in [0.2, 0.25) is 0 Å². The van der Waals surface area contributed by atoms with Crippen molar-refractivity contribution >= 4 is 19.6 Å². The molecule has 7 heavy (non-hydrogen) atoms. The van der Waals surface area contributed by atoms with Gasteiger partial charge in [0.15, 0.2) is 0 Å². The third-order valence-corrected chi connectivity index (χ3v) is 6.08. The van der Waals surface area contributed by atoms with Crippen molar-refractivity contribution in [3.8, 4) is 0 Å². The minimum atomic E-state index is -0.473. The Labute approximate surface area is 51.7 Å². The van der Waals surface area contributed by atoms with Gasteiger partial charge in [-0.15, -0.1) is 0 Å². The van der Waals surface area contributed by atoms with E-state index in [0.29, 0.717) is 0 Å². The van der Waals surface area contributed by atoms with Crippen molar-refractivity contribution in [2.45, 2.75) is 13.9 Å². The van der Waals surface area contributed by atoms with E-state index in [2.05, 4.69) is 4.97 Å². The molecule has 42 valence electrons. The van der Waals surface area contributed by atoms with Gasteiger partial charge in [0.05, 0.1) is 0 Å². The van der Waals surface area contributed by atoms with Gasteiger partial charge in [-0.1, -0.05) is 0 Å². The molecule has 0 spiro atoms. The van der Waals surface area contributed by atoms with Crippen molar-refractivity contribution in [3.05, 3.63) is 0 Å². The van der Waals surface area contributed by atoms with Gasteiger partial charge in [-0.3, -0.25) is 0 Å². The average molecular weight is 215 g/mol. The van der Waals surface area contributed by atoms with Crippen LogP contribution >= 0.6 is 0 Å². The molecule has 1 heterocycles. The fourth-order valence-corrected chi connectivity index (χ4v) is 3.49. The fourth-order valence-electron chi connectivity index (χ4n) is 0.606. The molecule has 0 aliphatic carbocycles. The normalized spacial score (nSPS) is 25.3. The van der Waals surface area contributed by atoms with Crippen LogP contribution in [0.4, 0.5) is 0 Å². The molecule has 1 fully saturated rings. The summed E-state index contributed by atoms with van der Waals surface area (Å²) in [5, 5.41) is 0. The maximum absolute atomic E-state index is 5.18. The van der Waals surface area contributed by atoms with Crippen molar-refractivity contribution in [2.75, 3.05) is 13.2 Å². The summed E-state index contributed by atoms with van der Waals surface area (Å²) >= 11 is -0.473. The first-order chi connectivity index (χ1) is 3.39. The van der Waals surface area contributed by atoms with Gasteiger partial charge >= 0.3 is 51.4 Å². The second-order valence-electron chi connectivity index (χ2n) is 1.80. The van der Waals surface area contributed by atoms with Crippen LogP contribution in [0.1, 0.15) is 0 Å². The van der Waals surface area contributed by atoms with Crippen LogP contribution in [0, 0.1) is 0 Å². The maximum atomic E-state index is 5.18. The molecule has 0 saturated carbocycles. The zero-order chi connectivity index (χ0) is 5.11. The average Bonchev–Trinajstić information content (AvgIpc) is 1.69. The zero-order valence-electron chi connectivity index (χ0n) is 4.64. The van der Waals surface area contributed by atoms with E-state index in [-0.39, 0.29) is 0 Å². The Morgan fingerprint density at radius 3 is 2.14 bits per heavy atom. The summed E-state index contributed by atoms with van der Waals surface area (Å²) in [6.07, 6.45) is 0. The summed E-state index contributed by atoms with van der Waals surface area (Å²) < 4.78 is 8.05. The van der Waals surface area contributed by atoms with E-state index in [9.17, 15) is 0 Å². The van der Waals surface area contributed by atoms with Gasteiger partial charge in [0, 0.05) is 0 Å². The van der Waals surface area contributed by atoms with Crippen LogP contribution in [-0.4, -0.2) is 32.8 Å². The van der Waals surface area contributed by atoms with E-state index in [0.717, 1.165) is 13.2 Å². The monoisotopic (exact) mass is 217 g/mol. The van der Waals surface area contributed by atoms with Crippen LogP contribution in [0.5, 0.6) is 0 Å². The Hall–Kier alpha value is 0.750. The summed E-state index contributed by atoms with van der Waals surface area (Å²) in [6, 6.07) is 0. The SMILES string of the molecule is C[Te+]1CCOCC1. The van der Waals surface area contributed by atoms with Crippen LogP contribution in [0.25, 0.3) is 0 Å². The molecule has 0 bridgehead atoms. The Morgan fingerprint density at radius 2 is 1.86 bits per heavy atom. The predicted molar refractivity (Wildman–Crippen MR) is 32.1 cm³/mol. The van der Waals surface area contributed by atoms with Crippen LogP contribution < -0.4 is 0 Å². The molecular formula is C5H11OTe+. The van der Waals surface area contributed by atoms with Crippen molar-refractivity contribution in [3.63, 3.8) is 0 Å². The molecule has 1 rings (SSSR count). The van der Waals surface area contributed by atoms with Gasteiger partial charge in [0.1, 0.15) is 0 Å². The van der Waals surface area contributed by atoms with E-state index in [1.165, 1.54) is 8.94 Å². The molecule has 0 amide bonds. The van der Waals surface area contributed by atoms with Gasteiger partial charge in [-0.05, 0) is 0 Å². The van der Waals surface area contributed by atoms with Crippen molar-refractivity contribution < 1.29 is 4.74 Å². The van der Waals surface area contributed by atoms with Crippen LogP contribution in [0.2, 0.25) is 13.9 Å². The second kappa shape index (κ2) is 2.91. The topological polar surface area (TPSA) is 9.23 Å². The molecule has 1 saturated heterocycles. The summed E-state index contributed by atoms with van der Waals surface area (Å²) in [5.74, 6) is 0. The quantitative estimate of drug-likeness (QED) is 0.550. The first-order valence-corrected chi connectivity index (χ1v) is 8.19. The number of hydrogen-bond acceptors (Lipinski definition) is 1. The summed E-state index contributed by atoms with van der Waals surface area (Å²) in [4.78, 5) is 2.45. The fraction of sp³-hybridized carbons (Fsp3) is 1.00. The minimum absolute atomic E-state index is 0.473. The summed E-state index contributed by atoms with van der Waals surface area (Å²) in [5.41, 5.74) is 0.